The van der Waals surface area contributed by atoms with Gasteiger partial charge in [0.15, 0.2) is 5.69 Å². The molecule has 3 heterocycles. The van der Waals surface area contributed by atoms with Gasteiger partial charge in [0.2, 0.25) is 0 Å². The first-order chi connectivity index (χ1) is 15.7. The molecule has 11 heteroatoms. The molecular weight excluding hydrogens is 442 g/mol. The Hall–Kier alpha value is -3.11. The molecule has 4 rings (SSSR count). The smallest absolute Gasteiger partial charge is 0.341 e. The summed E-state index contributed by atoms with van der Waals surface area (Å²) in [4.78, 5) is 28.4. The van der Waals surface area contributed by atoms with E-state index in [1.165, 1.54) is 6.08 Å². The van der Waals surface area contributed by atoms with E-state index >= 15 is 0 Å². The van der Waals surface area contributed by atoms with Crippen molar-refractivity contribution in [1.82, 2.24) is 25.3 Å². The van der Waals surface area contributed by atoms with Crippen molar-refractivity contribution in [2.45, 2.75) is 38.4 Å². The van der Waals surface area contributed by atoms with E-state index in [0.29, 0.717) is 50.0 Å². The van der Waals surface area contributed by atoms with Gasteiger partial charge in [0.05, 0.1) is 12.1 Å². The number of nitrogens with zero attached hydrogens (tertiary/aromatic N) is 3. The van der Waals surface area contributed by atoms with E-state index < -0.39 is 24.0 Å². The maximum Gasteiger partial charge on any atom is 0.415 e. The summed E-state index contributed by atoms with van der Waals surface area (Å²) in [6.45, 7) is 1.52. The lowest BCUT2D eigenvalue weighted by atomic mass is 9.85. The molecule has 1 aromatic heterocycles. The normalized spacial score (nSPS) is 19.8. The van der Waals surface area contributed by atoms with Crippen LogP contribution in [-0.2, 0) is 13.0 Å². The number of allylic oxidation sites excluding steroid dienone is 6. The quantitative estimate of drug-likeness (QED) is 0.652. The molecule has 0 unspecified atom stereocenters. The summed E-state index contributed by atoms with van der Waals surface area (Å²) >= 11 is 0. The van der Waals surface area contributed by atoms with Gasteiger partial charge in [-0.15, -0.1) is 0 Å². The lowest BCUT2D eigenvalue weighted by Gasteiger charge is -2.33. The van der Waals surface area contributed by atoms with Crippen LogP contribution in [0.2, 0.25) is 0 Å². The number of alkyl halides is 3. The standard InChI is InChI=1S/C22H25F4N5O2/c1-27-21(33)31-10-7-18-15(12-31)19(29-28-18)20(32)30-8-5-13(6-9-30)14-3-2-4-17(23)16(11-14)22(24,25)26/h2-4,13H,5-12H2,1H3,(H,27,33)(H,28,29). The van der Waals surface area contributed by atoms with E-state index in [0.717, 1.165) is 11.8 Å². The van der Waals surface area contributed by atoms with Crippen molar-refractivity contribution in [3.05, 3.63) is 52.2 Å². The van der Waals surface area contributed by atoms with Crippen LogP contribution in [0, 0.1) is 5.92 Å². The van der Waals surface area contributed by atoms with Crippen LogP contribution in [0.4, 0.5) is 22.4 Å². The zero-order valence-corrected chi connectivity index (χ0v) is 18.1. The highest BCUT2D eigenvalue weighted by atomic mass is 19.4. The van der Waals surface area contributed by atoms with Crippen LogP contribution in [0.25, 0.3) is 0 Å². The van der Waals surface area contributed by atoms with Crippen molar-refractivity contribution >= 4 is 11.9 Å². The third-order valence-corrected chi connectivity index (χ3v) is 6.51. The number of hydrogen-bond donors (Lipinski definition) is 2. The van der Waals surface area contributed by atoms with Crippen LogP contribution in [0.15, 0.2) is 35.2 Å². The molecule has 2 N–H and O–H groups in total. The molecule has 7 nitrogen and oxygen atoms in total. The average molecular weight is 467 g/mol. The minimum atomic E-state index is -4.73. The Labute approximate surface area is 188 Å². The minimum Gasteiger partial charge on any atom is -0.341 e. The van der Waals surface area contributed by atoms with Crippen molar-refractivity contribution in [1.29, 1.82) is 0 Å². The van der Waals surface area contributed by atoms with Crippen molar-refractivity contribution in [3.8, 4) is 0 Å². The Morgan fingerprint density at radius 2 is 1.91 bits per heavy atom. The van der Waals surface area contributed by atoms with Gasteiger partial charge in [-0.1, -0.05) is 17.7 Å². The van der Waals surface area contributed by atoms with Crippen molar-refractivity contribution in [3.63, 3.8) is 0 Å². The first kappa shape index (κ1) is 23.1. The third-order valence-electron chi connectivity index (χ3n) is 6.51. The van der Waals surface area contributed by atoms with Gasteiger partial charge in [0.1, 0.15) is 5.83 Å². The molecule has 33 heavy (non-hydrogen) atoms. The topological polar surface area (TPSA) is 81.3 Å². The van der Waals surface area contributed by atoms with Gasteiger partial charge in [-0.2, -0.15) is 18.3 Å². The van der Waals surface area contributed by atoms with E-state index in [9.17, 15) is 27.2 Å². The molecule has 0 atom stereocenters. The molecule has 1 saturated heterocycles. The second-order valence-electron chi connectivity index (χ2n) is 8.42. The van der Waals surface area contributed by atoms with Gasteiger partial charge in [-0.3, -0.25) is 9.89 Å². The van der Waals surface area contributed by atoms with Crippen LogP contribution in [0.5, 0.6) is 0 Å². The number of fused-ring (bicyclic) bond motifs is 1. The lowest BCUT2D eigenvalue weighted by Crippen LogP contribution is -2.42. The largest absolute Gasteiger partial charge is 0.415 e. The molecular formula is C22H25F4N5O2. The Kier molecular flexibility index (Phi) is 6.31. The van der Waals surface area contributed by atoms with Gasteiger partial charge in [0.25, 0.3) is 5.91 Å². The van der Waals surface area contributed by atoms with E-state index in [1.54, 1.807) is 22.9 Å². The first-order valence-corrected chi connectivity index (χ1v) is 10.8. The number of halogens is 4. The Balaban J connectivity index is 1.42. The zero-order valence-electron chi connectivity index (χ0n) is 18.1. The molecule has 1 aliphatic carbocycles. The molecule has 0 saturated carbocycles. The highest BCUT2D eigenvalue weighted by Gasteiger charge is 2.39. The predicted octanol–water partition coefficient (Wildman–Crippen LogP) is 3.63. The predicted molar refractivity (Wildman–Crippen MR) is 112 cm³/mol. The maximum absolute atomic E-state index is 13.9. The molecule has 3 amide bonds. The first-order valence-electron chi connectivity index (χ1n) is 10.8. The van der Waals surface area contributed by atoms with Gasteiger partial charge in [-0.05, 0) is 24.8 Å². The number of aromatic nitrogens is 2. The molecule has 2 aliphatic heterocycles. The molecule has 0 radical (unpaired) electrons. The van der Waals surface area contributed by atoms with Crippen LogP contribution >= 0.6 is 0 Å². The van der Waals surface area contributed by atoms with Crippen LogP contribution in [0.3, 0.4) is 0 Å². The summed E-state index contributed by atoms with van der Waals surface area (Å²) in [5.74, 6) is -1.68. The monoisotopic (exact) mass is 467 g/mol. The number of urea groups is 1. The van der Waals surface area contributed by atoms with Gasteiger partial charge in [0, 0.05) is 50.8 Å². The Bertz CT molecular complexity index is 1030. The number of carbonyl (C=O) groups is 2. The SMILES string of the molecule is CNC(=O)N1CCc2[nH]nc(C(=O)N3CCC(C4=CC=CC(F)=C(C(F)(F)F)C4)CC3)c2C1. The van der Waals surface area contributed by atoms with Gasteiger partial charge >= 0.3 is 12.2 Å². The summed E-state index contributed by atoms with van der Waals surface area (Å²) < 4.78 is 53.5. The Morgan fingerprint density at radius 1 is 1.18 bits per heavy atom. The average Bonchev–Trinajstić information content (AvgIpc) is 3.11. The number of rotatable bonds is 2. The highest BCUT2D eigenvalue weighted by Crippen LogP contribution is 2.39. The second kappa shape index (κ2) is 9.03. The fourth-order valence-electron chi connectivity index (χ4n) is 4.63. The van der Waals surface area contributed by atoms with Gasteiger partial charge < -0.3 is 15.1 Å². The minimum absolute atomic E-state index is 0.168. The summed E-state index contributed by atoms with van der Waals surface area (Å²) in [6.07, 6.45) is 0.0341. The van der Waals surface area contributed by atoms with Crippen LogP contribution < -0.4 is 5.32 Å². The summed E-state index contributed by atoms with van der Waals surface area (Å²) in [6, 6.07) is -0.226. The fourth-order valence-corrected chi connectivity index (χ4v) is 4.63. The van der Waals surface area contributed by atoms with Crippen LogP contribution in [0.1, 0.15) is 41.0 Å². The van der Waals surface area contributed by atoms with Crippen molar-refractivity contribution in [2.24, 2.45) is 5.92 Å². The summed E-state index contributed by atoms with van der Waals surface area (Å²) in [5.41, 5.74) is 1.17. The number of H-pyrrole nitrogens is 1. The molecule has 1 aromatic rings. The second-order valence-corrected chi connectivity index (χ2v) is 8.42. The fraction of sp³-hybridized carbons (Fsp3) is 0.500. The number of amides is 3. The number of piperidine rings is 1. The summed E-state index contributed by atoms with van der Waals surface area (Å²) in [5, 5.41) is 9.66. The summed E-state index contributed by atoms with van der Waals surface area (Å²) in [7, 11) is 1.55. The molecule has 1 fully saturated rings. The van der Waals surface area contributed by atoms with E-state index in [-0.39, 0.29) is 30.1 Å². The van der Waals surface area contributed by atoms with Crippen molar-refractivity contribution < 1.29 is 27.2 Å². The highest BCUT2D eigenvalue weighted by molar-refractivity contribution is 5.94. The van der Waals surface area contributed by atoms with E-state index in [4.69, 9.17) is 0 Å². The van der Waals surface area contributed by atoms with Crippen molar-refractivity contribution in [2.75, 3.05) is 26.7 Å². The van der Waals surface area contributed by atoms with Crippen LogP contribution in [-0.4, -0.2) is 64.8 Å². The molecule has 3 aliphatic rings. The maximum atomic E-state index is 13.9. The molecule has 0 aromatic carbocycles. The number of hydrogen-bond acceptors (Lipinski definition) is 3. The molecule has 178 valence electrons. The van der Waals surface area contributed by atoms with Gasteiger partial charge in [-0.25, -0.2) is 9.18 Å². The number of nitrogens with one attached hydrogen (secondary N) is 2. The van der Waals surface area contributed by atoms with E-state index in [2.05, 4.69) is 15.5 Å². The molecule has 0 bridgehead atoms. The molecule has 0 spiro atoms. The third kappa shape index (κ3) is 4.67. The Morgan fingerprint density at radius 3 is 2.58 bits per heavy atom. The zero-order chi connectivity index (χ0) is 23.8. The number of carbonyl (C=O) groups excluding carboxylic acids is 2. The lowest BCUT2D eigenvalue weighted by molar-refractivity contribution is -0.0949. The number of likely N-dealkylation sites (tertiary alicyclic amines) is 1. The number of aromatic amines is 1. The van der Waals surface area contributed by atoms with E-state index in [1.807, 2.05) is 0 Å².